The minimum absolute atomic E-state index is 0.124. The molecule has 0 heterocycles. The van der Waals surface area contributed by atoms with E-state index in [-0.39, 0.29) is 12.0 Å². The van der Waals surface area contributed by atoms with Gasteiger partial charge >= 0.3 is 0 Å². The van der Waals surface area contributed by atoms with Gasteiger partial charge in [0.05, 0.1) is 0 Å². The molecule has 0 aliphatic rings. The van der Waals surface area contributed by atoms with Crippen molar-refractivity contribution in [3.05, 3.63) is 71.8 Å². The zero-order valence-electron chi connectivity index (χ0n) is 10.3. The molecule has 0 saturated heterocycles. The van der Waals surface area contributed by atoms with E-state index in [0.717, 1.165) is 11.1 Å². The second-order valence-corrected chi connectivity index (χ2v) is 4.26. The Morgan fingerprint density at radius 1 is 0.889 bits per heavy atom. The van der Waals surface area contributed by atoms with Crippen molar-refractivity contribution >= 4 is 6.47 Å². The number of carbonyl (C=O) groups excluding carboxylic acids is 1. The van der Waals surface area contributed by atoms with E-state index < -0.39 is 0 Å². The molecule has 2 rings (SSSR count). The number of hydrogen-bond acceptors (Lipinski definition) is 2. The Morgan fingerprint density at radius 3 is 1.89 bits per heavy atom. The van der Waals surface area contributed by atoms with Gasteiger partial charge in [-0.1, -0.05) is 67.6 Å². The highest BCUT2D eigenvalue weighted by Crippen LogP contribution is 2.32. The van der Waals surface area contributed by atoms with Gasteiger partial charge in [-0.05, 0) is 11.1 Å². The molecular formula is C16H16O2. The van der Waals surface area contributed by atoms with E-state index in [4.69, 9.17) is 4.74 Å². The van der Waals surface area contributed by atoms with Crippen molar-refractivity contribution in [3.8, 4) is 0 Å². The van der Waals surface area contributed by atoms with Gasteiger partial charge in [0.15, 0.2) is 0 Å². The van der Waals surface area contributed by atoms with Gasteiger partial charge in [0, 0.05) is 5.92 Å². The van der Waals surface area contributed by atoms with E-state index in [1.807, 2.05) is 48.5 Å². The van der Waals surface area contributed by atoms with Crippen LogP contribution in [-0.2, 0) is 9.53 Å². The summed E-state index contributed by atoms with van der Waals surface area (Å²) < 4.78 is 5.26. The van der Waals surface area contributed by atoms with Crippen LogP contribution in [0.4, 0.5) is 0 Å². The Kier molecular flexibility index (Phi) is 4.13. The fourth-order valence-corrected chi connectivity index (χ4v) is 2.12. The molecule has 0 amide bonds. The fourth-order valence-electron chi connectivity index (χ4n) is 2.12. The fraction of sp³-hybridized carbons (Fsp3) is 0.188. The number of benzene rings is 2. The average molecular weight is 240 g/mol. The quantitative estimate of drug-likeness (QED) is 0.745. The summed E-state index contributed by atoms with van der Waals surface area (Å²) in [7, 11) is 0. The van der Waals surface area contributed by atoms with Gasteiger partial charge in [-0.3, -0.25) is 4.79 Å². The molecule has 2 aromatic carbocycles. The molecule has 2 aromatic rings. The first-order chi connectivity index (χ1) is 8.83. The first-order valence-electron chi connectivity index (χ1n) is 6.02. The molecule has 18 heavy (non-hydrogen) atoms. The van der Waals surface area contributed by atoms with Gasteiger partial charge in [-0.15, -0.1) is 0 Å². The molecule has 0 bridgehead atoms. The predicted molar refractivity (Wildman–Crippen MR) is 71.2 cm³/mol. The molecule has 0 saturated carbocycles. The maximum Gasteiger partial charge on any atom is 0.293 e. The van der Waals surface area contributed by atoms with Crippen LogP contribution in [0.25, 0.3) is 0 Å². The summed E-state index contributed by atoms with van der Waals surface area (Å²) in [4.78, 5) is 10.7. The molecule has 0 fully saturated rings. The van der Waals surface area contributed by atoms with Crippen LogP contribution in [0.1, 0.15) is 30.1 Å². The monoisotopic (exact) mass is 240 g/mol. The summed E-state index contributed by atoms with van der Waals surface area (Å²) >= 11 is 0. The largest absolute Gasteiger partial charge is 0.459 e. The highest BCUT2D eigenvalue weighted by molar-refractivity contribution is 5.40. The van der Waals surface area contributed by atoms with Gasteiger partial charge in [-0.2, -0.15) is 0 Å². The molecule has 92 valence electrons. The lowest BCUT2D eigenvalue weighted by atomic mass is 9.91. The van der Waals surface area contributed by atoms with E-state index in [0.29, 0.717) is 6.47 Å². The molecule has 2 atom stereocenters. The zero-order valence-corrected chi connectivity index (χ0v) is 10.3. The topological polar surface area (TPSA) is 26.3 Å². The first-order valence-corrected chi connectivity index (χ1v) is 6.02. The van der Waals surface area contributed by atoms with Crippen LogP contribution in [0.2, 0.25) is 0 Å². The molecule has 2 heteroatoms. The second-order valence-electron chi connectivity index (χ2n) is 4.26. The molecule has 2 nitrogen and oxygen atoms in total. The molecule has 0 N–H and O–H groups in total. The lowest BCUT2D eigenvalue weighted by Gasteiger charge is -2.23. The van der Waals surface area contributed by atoms with Crippen LogP contribution in [0, 0.1) is 0 Å². The average Bonchev–Trinajstić information content (AvgIpc) is 2.46. The molecule has 0 spiro atoms. The SMILES string of the molecule is C[C@@H](c1ccccc1)[C@@H](OC=O)c1ccccc1. The van der Waals surface area contributed by atoms with Crippen LogP contribution in [0.3, 0.4) is 0 Å². The van der Waals surface area contributed by atoms with Crippen molar-refractivity contribution in [2.24, 2.45) is 0 Å². The summed E-state index contributed by atoms with van der Waals surface area (Å²) in [5.74, 6) is 0.124. The molecule has 0 aliphatic carbocycles. The Morgan fingerprint density at radius 2 is 1.39 bits per heavy atom. The first kappa shape index (κ1) is 12.4. The van der Waals surface area contributed by atoms with Crippen molar-refractivity contribution in [1.29, 1.82) is 0 Å². The van der Waals surface area contributed by atoms with Crippen LogP contribution in [0.5, 0.6) is 0 Å². The van der Waals surface area contributed by atoms with E-state index >= 15 is 0 Å². The normalized spacial score (nSPS) is 13.6. The van der Waals surface area contributed by atoms with Crippen molar-refractivity contribution in [1.82, 2.24) is 0 Å². The molecule has 0 radical (unpaired) electrons. The molecule has 0 aliphatic heterocycles. The Labute approximate surface area is 107 Å². The number of ether oxygens (including phenoxy) is 1. The third-order valence-corrected chi connectivity index (χ3v) is 3.11. The van der Waals surface area contributed by atoms with Crippen molar-refractivity contribution in [2.45, 2.75) is 18.9 Å². The van der Waals surface area contributed by atoms with Crippen LogP contribution in [0.15, 0.2) is 60.7 Å². The lowest BCUT2D eigenvalue weighted by molar-refractivity contribution is -0.134. The predicted octanol–water partition coefficient (Wildman–Crippen LogP) is 3.70. The standard InChI is InChI=1S/C16H16O2/c1-13(14-8-4-2-5-9-14)16(18-12-17)15-10-6-3-7-11-15/h2-13,16H,1H3/t13-,16+/m0/s1. The van der Waals surface area contributed by atoms with E-state index in [9.17, 15) is 4.79 Å². The molecule has 0 aromatic heterocycles. The maximum absolute atomic E-state index is 10.7. The van der Waals surface area contributed by atoms with Crippen LogP contribution >= 0.6 is 0 Å². The van der Waals surface area contributed by atoms with Gasteiger partial charge in [0.2, 0.25) is 0 Å². The summed E-state index contributed by atoms with van der Waals surface area (Å²) in [6.07, 6.45) is -0.244. The second kappa shape index (κ2) is 6.01. The van der Waals surface area contributed by atoms with E-state index in [1.165, 1.54) is 0 Å². The lowest BCUT2D eigenvalue weighted by Crippen LogP contribution is -2.11. The molecular weight excluding hydrogens is 224 g/mol. The minimum atomic E-state index is -0.244. The Balaban J connectivity index is 2.28. The number of carbonyl (C=O) groups is 1. The van der Waals surface area contributed by atoms with E-state index in [2.05, 4.69) is 19.1 Å². The van der Waals surface area contributed by atoms with Crippen molar-refractivity contribution in [2.75, 3.05) is 0 Å². The van der Waals surface area contributed by atoms with Gasteiger partial charge < -0.3 is 4.74 Å². The smallest absolute Gasteiger partial charge is 0.293 e. The minimum Gasteiger partial charge on any atom is -0.459 e. The van der Waals surface area contributed by atoms with Crippen molar-refractivity contribution < 1.29 is 9.53 Å². The molecule has 0 unspecified atom stereocenters. The number of rotatable bonds is 5. The highest BCUT2D eigenvalue weighted by Gasteiger charge is 2.21. The van der Waals surface area contributed by atoms with Crippen LogP contribution in [-0.4, -0.2) is 6.47 Å². The zero-order chi connectivity index (χ0) is 12.8. The van der Waals surface area contributed by atoms with E-state index in [1.54, 1.807) is 0 Å². The van der Waals surface area contributed by atoms with Gasteiger partial charge in [-0.25, -0.2) is 0 Å². The highest BCUT2D eigenvalue weighted by atomic mass is 16.5. The summed E-state index contributed by atoms with van der Waals surface area (Å²) in [5, 5.41) is 0. The third-order valence-electron chi connectivity index (χ3n) is 3.11. The number of hydrogen-bond donors (Lipinski definition) is 0. The van der Waals surface area contributed by atoms with Crippen molar-refractivity contribution in [3.63, 3.8) is 0 Å². The Bertz CT molecular complexity index is 479. The summed E-state index contributed by atoms with van der Waals surface area (Å²) in [5.41, 5.74) is 2.18. The maximum atomic E-state index is 10.7. The Hall–Kier alpha value is -2.09. The van der Waals surface area contributed by atoms with Crippen LogP contribution < -0.4 is 0 Å². The summed E-state index contributed by atoms with van der Waals surface area (Å²) in [6.45, 7) is 2.59. The third kappa shape index (κ3) is 2.77. The summed E-state index contributed by atoms with van der Waals surface area (Å²) in [6, 6.07) is 19.9. The van der Waals surface area contributed by atoms with Gasteiger partial charge in [0.1, 0.15) is 6.10 Å². The van der Waals surface area contributed by atoms with Gasteiger partial charge in [0.25, 0.3) is 6.47 Å².